The summed E-state index contributed by atoms with van der Waals surface area (Å²) < 4.78 is 5.20. The van der Waals surface area contributed by atoms with Crippen LogP contribution in [0.25, 0.3) is 0 Å². The Bertz CT molecular complexity index is 336. The van der Waals surface area contributed by atoms with Gasteiger partial charge in [0, 0.05) is 24.1 Å². The second-order valence-electron chi connectivity index (χ2n) is 3.35. The number of carbonyl (C=O) groups excluding carboxylic acids is 1. The molecule has 15 heavy (non-hydrogen) atoms. The molecule has 1 rings (SSSR count). The molecule has 0 fully saturated rings. The number of Topliss-reactive ketones (excluding diaryl/α,β-unsaturated/α-hetero) is 1. The summed E-state index contributed by atoms with van der Waals surface area (Å²) in [6, 6.07) is 7.28. The van der Waals surface area contributed by atoms with E-state index in [-0.39, 0.29) is 5.78 Å². The van der Waals surface area contributed by atoms with E-state index in [0.717, 1.165) is 12.0 Å². The molecule has 1 aromatic rings. The average molecular weight is 227 g/mol. The first-order chi connectivity index (χ1) is 7.20. The monoisotopic (exact) mass is 226 g/mol. The number of methoxy groups -OCH3 is 1. The number of hydrogen-bond donors (Lipinski definition) is 0. The molecule has 0 aliphatic carbocycles. The Balaban J connectivity index is 2.92. The predicted octanol–water partition coefficient (Wildman–Crippen LogP) is 3.40. The SMILES string of the molecule is CCCC(=O)C(OC)c1ccccc1Cl. The summed E-state index contributed by atoms with van der Waals surface area (Å²) in [5, 5.41) is 0.578. The van der Waals surface area contributed by atoms with Gasteiger partial charge in [0.05, 0.1) is 0 Å². The van der Waals surface area contributed by atoms with Crippen LogP contribution in [-0.2, 0) is 9.53 Å². The highest BCUT2D eigenvalue weighted by atomic mass is 35.5. The highest BCUT2D eigenvalue weighted by Crippen LogP contribution is 2.26. The maximum Gasteiger partial charge on any atom is 0.166 e. The van der Waals surface area contributed by atoms with Crippen molar-refractivity contribution in [3.05, 3.63) is 34.9 Å². The van der Waals surface area contributed by atoms with Crippen molar-refractivity contribution in [2.24, 2.45) is 0 Å². The zero-order chi connectivity index (χ0) is 11.3. The van der Waals surface area contributed by atoms with Gasteiger partial charge in [0.15, 0.2) is 5.78 Å². The molecular formula is C12H15ClO2. The molecule has 0 aromatic heterocycles. The molecule has 0 saturated heterocycles. The highest BCUT2D eigenvalue weighted by molar-refractivity contribution is 6.31. The van der Waals surface area contributed by atoms with Gasteiger partial charge in [-0.2, -0.15) is 0 Å². The molecular weight excluding hydrogens is 212 g/mol. The van der Waals surface area contributed by atoms with Crippen molar-refractivity contribution in [1.82, 2.24) is 0 Å². The molecule has 2 nitrogen and oxygen atoms in total. The molecule has 0 N–H and O–H groups in total. The standard InChI is InChI=1S/C12H15ClO2/c1-3-6-11(14)12(15-2)9-7-4-5-8-10(9)13/h4-5,7-8,12H,3,6H2,1-2H3. The van der Waals surface area contributed by atoms with Crippen LogP contribution in [0.2, 0.25) is 5.02 Å². The number of carbonyl (C=O) groups is 1. The Morgan fingerprint density at radius 3 is 2.67 bits per heavy atom. The van der Waals surface area contributed by atoms with Crippen molar-refractivity contribution < 1.29 is 9.53 Å². The molecule has 0 bridgehead atoms. The number of rotatable bonds is 5. The van der Waals surface area contributed by atoms with Crippen LogP contribution in [0.15, 0.2) is 24.3 Å². The molecule has 82 valence electrons. The molecule has 0 amide bonds. The van der Waals surface area contributed by atoms with Crippen LogP contribution in [0, 0.1) is 0 Å². The normalized spacial score (nSPS) is 12.5. The van der Waals surface area contributed by atoms with E-state index in [0.29, 0.717) is 11.4 Å². The quantitative estimate of drug-likeness (QED) is 0.769. The van der Waals surface area contributed by atoms with E-state index >= 15 is 0 Å². The van der Waals surface area contributed by atoms with Crippen LogP contribution >= 0.6 is 11.6 Å². The third kappa shape index (κ3) is 3.05. The minimum absolute atomic E-state index is 0.0769. The van der Waals surface area contributed by atoms with E-state index in [9.17, 15) is 4.79 Å². The van der Waals surface area contributed by atoms with Crippen LogP contribution in [0.4, 0.5) is 0 Å². The Hall–Kier alpha value is -0.860. The lowest BCUT2D eigenvalue weighted by Crippen LogP contribution is -2.14. The van der Waals surface area contributed by atoms with Gasteiger partial charge in [-0.05, 0) is 12.5 Å². The maximum absolute atomic E-state index is 11.7. The summed E-state index contributed by atoms with van der Waals surface area (Å²) in [6.07, 6.45) is 0.811. The van der Waals surface area contributed by atoms with Crippen molar-refractivity contribution in [1.29, 1.82) is 0 Å². The van der Waals surface area contributed by atoms with Crippen LogP contribution in [0.5, 0.6) is 0 Å². The average Bonchev–Trinajstić information content (AvgIpc) is 2.22. The number of halogens is 1. The second-order valence-corrected chi connectivity index (χ2v) is 3.76. The van der Waals surface area contributed by atoms with E-state index in [4.69, 9.17) is 16.3 Å². The Labute approximate surface area is 95.2 Å². The lowest BCUT2D eigenvalue weighted by Gasteiger charge is -2.15. The molecule has 0 aliphatic heterocycles. The van der Waals surface area contributed by atoms with E-state index < -0.39 is 6.10 Å². The summed E-state index contributed by atoms with van der Waals surface area (Å²) in [4.78, 5) is 11.7. The minimum Gasteiger partial charge on any atom is -0.369 e. The van der Waals surface area contributed by atoms with Crippen molar-refractivity contribution >= 4 is 17.4 Å². The fourth-order valence-corrected chi connectivity index (χ4v) is 1.73. The van der Waals surface area contributed by atoms with Crippen molar-refractivity contribution in [2.75, 3.05) is 7.11 Å². The first-order valence-electron chi connectivity index (χ1n) is 5.00. The summed E-state index contributed by atoms with van der Waals surface area (Å²) in [6.45, 7) is 1.97. The van der Waals surface area contributed by atoms with Gasteiger partial charge in [-0.3, -0.25) is 4.79 Å². The minimum atomic E-state index is -0.529. The van der Waals surface area contributed by atoms with Gasteiger partial charge in [-0.1, -0.05) is 36.7 Å². The largest absolute Gasteiger partial charge is 0.369 e. The lowest BCUT2D eigenvalue weighted by atomic mass is 10.0. The van der Waals surface area contributed by atoms with Crippen molar-refractivity contribution in [3.63, 3.8) is 0 Å². The maximum atomic E-state index is 11.7. The zero-order valence-corrected chi connectivity index (χ0v) is 9.75. The van der Waals surface area contributed by atoms with Crippen molar-refractivity contribution in [2.45, 2.75) is 25.9 Å². The van der Waals surface area contributed by atoms with Gasteiger partial charge < -0.3 is 4.74 Å². The van der Waals surface area contributed by atoms with Crippen LogP contribution < -0.4 is 0 Å². The molecule has 3 heteroatoms. The summed E-state index contributed by atoms with van der Waals surface area (Å²) in [5.74, 6) is 0.0769. The third-order valence-electron chi connectivity index (χ3n) is 2.21. The van der Waals surface area contributed by atoms with Gasteiger partial charge >= 0.3 is 0 Å². The van der Waals surface area contributed by atoms with Crippen LogP contribution in [0.3, 0.4) is 0 Å². The first-order valence-corrected chi connectivity index (χ1v) is 5.38. The van der Waals surface area contributed by atoms with Crippen molar-refractivity contribution in [3.8, 4) is 0 Å². The fourth-order valence-electron chi connectivity index (χ4n) is 1.50. The second kappa shape index (κ2) is 5.89. The van der Waals surface area contributed by atoms with Crippen LogP contribution in [0.1, 0.15) is 31.4 Å². The molecule has 0 heterocycles. The van der Waals surface area contributed by atoms with Gasteiger partial charge in [-0.15, -0.1) is 0 Å². The summed E-state index contributed by atoms with van der Waals surface area (Å²) in [5.41, 5.74) is 0.750. The molecule has 0 saturated carbocycles. The summed E-state index contributed by atoms with van der Waals surface area (Å²) in [7, 11) is 1.53. The van der Waals surface area contributed by atoms with Gasteiger partial charge in [0.25, 0.3) is 0 Å². The predicted molar refractivity (Wildman–Crippen MR) is 61.1 cm³/mol. The van der Waals surface area contributed by atoms with Gasteiger partial charge in [0.2, 0.25) is 0 Å². The molecule has 0 spiro atoms. The third-order valence-corrected chi connectivity index (χ3v) is 2.56. The van der Waals surface area contributed by atoms with Gasteiger partial charge in [-0.25, -0.2) is 0 Å². The van der Waals surface area contributed by atoms with Gasteiger partial charge in [0.1, 0.15) is 6.10 Å². The Kier molecular flexibility index (Phi) is 4.79. The van der Waals surface area contributed by atoms with E-state index in [1.54, 1.807) is 6.07 Å². The molecule has 1 atom stereocenters. The van der Waals surface area contributed by atoms with E-state index in [2.05, 4.69) is 0 Å². The molecule has 0 aliphatic rings. The highest BCUT2D eigenvalue weighted by Gasteiger charge is 2.20. The zero-order valence-electron chi connectivity index (χ0n) is 9.00. The topological polar surface area (TPSA) is 26.3 Å². The first kappa shape index (κ1) is 12.2. The number of hydrogen-bond acceptors (Lipinski definition) is 2. The summed E-state index contributed by atoms with van der Waals surface area (Å²) >= 11 is 6.01. The Morgan fingerprint density at radius 1 is 1.47 bits per heavy atom. The molecule has 0 radical (unpaired) electrons. The van der Waals surface area contributed by atoms with E-state index in [1.165, 1.54) is 7.11 Å². The van der Waals surface area contributed by atoms with Crippen LogP contribution in [-0.4, -0.2) is 12.9 Å². The molecule has 1 unspecified atom stereocenters. The molecule has 1 aromatic carbocycles. The number of benzene rings is 1. The van der Waals surface area contributed by atoms with E-state index in [1.807, 2.05) is 25.1 Å². The number of ketones is 1. The Morgan fingerprint density at radius 2 is 2.13 bits per heavy atom. The lowest BCUT2D eigenvalue weighted by molar-refractivity contribution is -0.129. The number of ether oxygens (including phenoxy) is 1. The smallest absolute Gasteiger partial charge is 0.166 e. The fraction of sp³-hybridized carbons (Fsp3) is 0.417.